The van der Waals surface area contributed by atoms with Crippen LogP contribution in [0.3, 0.4) is 0 Å². The third kappa shape index (κ3) is 3.41. The molecule has 0 heterocycles. The lowest BCUT2D eigenvalue weighted by molar-refractivity contribution is -0.128. The average Bonchev–Trinajstić information content (AvgIpc) is 2.88. The largest absolute Gasteiger partial charge is 0.748 e. The van der Waals surface area contributed by atoms with E-state index < -0.39 is 21.3 Å². The lowest BCUT2D eigenvalue weighted by atomic mass is 9.70. The molecule has 0 saturated heterocycles. The van der Waals surface area contributed by atoms with Crippen molar-refractivity contribution in [2.24, 2.45) is 16.7 Å². The third-order valence-corrected chi connectivity index (χ3v) is 6.54. The molecule has 1 aromatic rings. The van der Waals surface area contributed by atoms with Crippen LogP contribution >= 0.6 is 0 Å². The summed E-state index contributed by atoms with van der Waals surface area (Å²) in [6, 6.07) is 8.47. The van der Waals surface area contributed by atoms with Crippen LogP contribution in [0.25, 0.3) is 4.98 Å². The number of ketones is 1. The molecule has 8 heteroatoms. The maximum atomic E-state index is 11.8. The Morgan fingerprint density at radius 2 is 2.00 bits per heavy atom. The highest BCUT2D eigenvalue weighted by molar-refractivity contribution is 7.85. The molecule has 0 aromatic heterocycles. The molecule has 7 nitrogen and oxygen atoms in total. The molecule has 2 unspecified atom stereocenters. The molecule has 25 heavy (non-hydrogen) atoms. The van der Waals surface area contributed by atoms with Crippen LogP contribution in [-0.2, 0) is 14.9 Å². The van der Waals surface area contributed by atoms with E-state index in [1.54, 1.807) is 24.3 Å². The molecule has 1 aromatic carbocycles. The first-order chi connectivity index (χ1) is 11.6. The minimum atomic E-state index is -4.33. The van der Waals surface area contributed by atoms with Gasteiger partial charge in [0.05, 0.1) is 15.9 Å². The van der Waals surface area contributed by atoms with E-state index in [-0.39, 0.29) is 17.1 Å². The van der Waals surface area contributed by atoms with Crippen molar-refractivity contribution >= 4 is 21.6 Å². The van der Waals surface area contributed by atoms with E-state index in [4.69, 9.17) is 10.7 Å². The van der Waals surface area contributed by atoms with Crippen LogP contribution in [0.2, 0.25) is 0 Å². The normalized spacial score (nSPS) is 26.3. The monoisotopic (exact) mass is 361 g/mol. The van der Waals surface area contributed by atoms with E-state index in [1.165, 1.54) is 0 Å². The standard InChI is InChI=1S/C10H16O4S.C7H4N3/c1-9(2)7-3-4-10(9,8(11)5-7)6-15(12,13)14;8-5-6-3-1-2-4-7(6)10-9/h7H,3-6H2,1-2H3,(H,12,13,14);1-4H/q;+1/p-1. The van der Waals surface area contributed by atoms with Gasteiger partial charge in [-0.15, -0.1) is 0 Å². The predicted octanol–water partition coefficient (Wildman–Crippen LogP) is 2.97. The molecule has 0 amide bonds. The molecular weight excluding hydrogens is 342 g/mol. The van der Waals surface area contributed by atoms with Crippen molar-refractivity contribution < 1.29 is 17.8 Å². The van der Waals surface area contributed by atoms with Gasteiger partial charge in [0.15, 0.2) is 4.98 Å². The number of Topliss-reactive ketones (excluding diaryl/α,β-unsaturated/α-hetero) is 1. The Hall–Kier alpha value is -2.29. The van der Waals surface area contributed by atoms with Gasteiger partial charge in [0.1, 0.15) is 17.4 Å². The highest BCUT2D eigenvalue weighted by atomic mass is 32.2. The molecule has 2 saturated carbocycles. The van der Waals surface area contributed by atoms with E-state index in [1.807, 2.05) is 19.9 Å². The summed E-state index contributed by atoms with van der Waals surface area (Å²) in [5.74, 6) is -0.280. The molecule has 0 spiro atoms. The Bertz CT molecular complexity index is 847. The van der Waals surface area contributed by atoms with Crippen molar-refractivity contribution in [3.05, 3.63) is 34.8 Å². The van der Waals surface area contributed by atoms with Crippen LogP contribution in [0.1, 0.15) is 38.7 Å². The van der Waals surface area contributed by atoms with Gasteiger partial charge in [0, 0.05) is 17.9 Å². The summed E-state index contributed by atoms with van der Waals surface area (Å²) in [5, 5.41) is 16.8. The number of hydrogen-bond donors (Lipinski definition) is 0. The Balaban J connectivity index is 0.000000196. The van der Waals surface area contributed by atoms with Crippen LogP contribution in [0.4, 0.5) is 5.69 Å². The molecule has 132 valence electrons. The van der Waals surface area contributed by atoms with Gasteiger partial charge in [0.2, 0.25) is 5.39 Å². The highest BCUT2D eigenvalue weighted by Gasteiger charge is 2.64. The van der Waals surface area contributed by atoms with Gasteiger partial charge in [-0.3, -0.25) is 4.79 Å². The zero-order chi connectivity index (χ0) is 18.9. The number of hydrogen-bond acceptors (Lipinski definition) is 6. The smallest absolute Gasteiger partial charge is 0.402 e. The second-order valence-electron chi connectivity index (χ2n) is 7.10. The van der Waals surface area contributed by atoms with E-state index in [0.29, 0.717) is 24.1 Å². The van der Waals surface area contributed by atoms with E-state index >= 15 is 0 Å². The molecule has 0 radical (unpaired) electrons. The molecule has 2 aliphatic rings. The van der Waals surface area contributed by atoms with Crippen molar-refractivity contribution in [3.63, 3.8) is 0 Å². The van der Waals surface area contributed by atoms with Crippen LogP contribution in [0.15, 0.2) is 24.3 Å². The Morgan fingerprint density at radius 1 is 1.36 bits per heavy atom. The number of carbonyl (C=O) groups excluding carboxylic acids is 1. The highest BCUT2D eigenvalue weighted by Crippen LogP contribution is 2.64. The number of nitriles is 1. The van der Waals surface area contributed by atoms with Crippen molar-refractivity contribution in [2.75, 3.05) is 5.75 Å². The topological polar surface area (TPSA) is 126 Å². The van der Waals surface area contributed by atoms with Crippen molar-refractivity contribution in [3.8, 4) is 6.07 Å². The molecule has 3 rings (SSSR count). The second-order valence-corrected chi connectivity index (χ2v) is 8.50. The maximum Gasteiger partial charge on any atom is 0.402 e. The lowest BCUT2D eigenvalue weighted by Crippen LogP contribution is -2.42. The quantitative estimate of drug-likeness (QED) is 0.588. The summed E-state index contributed by atoms with van der Waals surface area (Å²) in [4.78, 5) is 14.8. The summed E-state index contributed by atoms with van der Waals surface area (Å²) in [5.41, 5.74) is -0.533. The lowest BCUT2D eigenvalue weighted by Gasteiger charge is -2.37. The number of carbonyl (C=O) groups is 1. The van der Waals surface area contributed by atoms with Gasteiger partial charge in [-0.25, -0.2) is 8.42 Å². The fourth-order valence-corrected chi connectivity index (χ4v) is 5.35. The van der Waals surface area contributed by atoms with Gasteiger partial charge in [-0.05, 0) is 30.2 Å². The van der Waals surface area contributed by atoms with E-state index in [0.717, 1.165) is 6.42 Å². The van der Waals surface area contributed by atoms with E-state index in [2.05, 4.69) is 4.98 Å². The van der Waals surface area contributed by atoms with Crippen LogP contribution in [0.5, 0.6) is 0 Å². The number of nitrogens with zero attached hydrogens (tertiary/aromatic N) is 3. The van der Waals surface area contributed by atoms with Crippen molar-refractivity contribution in [2.45, 2.75) is 33.1 Å². The van der Waals surface area contributed by atoms with E-state index in [9.17, 15) is 17.8 Å². The SMILES string of the molecule is CC1(C)C2CCC1(CS(=O)(=O)[O-])C(=O)C2.N#Cc1ccccc1[N+]#N. The minimum Gasteiger partial charge on any atom is -0.748 e. The van der Waals surface area contributed by atoms with Crippen LogP contribution in [0, 0.1) is 33.5 Å². The second kappa shape index (κ2) is 6.55. The van der Waals surface area contributed by atoms with Gasteiger partial charge >= 0.3 is 5.69 Å². The van der Waals surface area contributed by atoms with Gasteiger partial charge in [-0.1, -0.05) is 26.0 Å². The van der Waals surface area contributed by atoms with Gasteiger partial charge in [-0.2, -0.15) is 5.26 Å². The fraction of sp³-hybridized carbons (Fsp3) is 0.529. The molecule has 0 aliphatic heterocycles. The maximum absolute atomic E-state index is 11.8. The number of rotatable bonds is 2. The Labute approximate surface area is 147 Å². The van der Waals surface area contributed by atoms with Crippen molar-refractivity contribution in [1.82, 2.24) is 0 Å². The Morgan fingerprint density at radius 3 is 2.40 bits per heavy atom. The Kier molecular flexibility index (Phi) is 4.99. The molecule has 0 N–H and O–H groups in total. The first kappa shape index (κ1) is 19.0. The number of fused-ring (bicyclic) bond motifs is 2. The third-order valence-electron chi connectivity index (χ3n) is 5.69. The average molecular weight is 361 g/mol. The molecule has 2 fully saturated rings. The molecule has 2 aliphatic carbocycles. The zero-order valence-electron chi connectivity index (χ0n) is 14.1. The summed E-state index contributed by atoms with van der Waals surface area (Å²) in [7, 11) is -4.33. The first-order valence-corrected chi connectivity index (χ1v) is 9.46. The van der Waals surface area contributed by atoms with Crippen molar-refractivity contribution in [1.29, 1.82) is 10.7 Å². The van der Waals surface area contributed by atoms with Gasteiger partial charge in [0.25, 0.3) is 0 Å². The summed E-state index contributed by atoms with van der Waals surface area (Å²) >= 11 is 0. The summed E-state index contributed by atoms with van der Waals surface area (Å²) in [6.07, 6.45) is 1.88. The molecule has 2 atom stereocenters. The molecule has 2 bridgehead atoms. The van der Waals surface area contributed by atoms with Gasteiger partial charge < -0.3 is 4.55 Å². The number of benzene rings is 1. The van der Waals surface area contributed by atoms with Crippen LogP contribution in [-0.4, -0.2) is 24.5 Å². The summed E-state index contributed by atoms with van der Waals surface area (Å²) < 4.78 is 32.7. The summed E-state index contributed by atoms with van der Waals surface area (Å²) in [6.45, 7) is 3.83. The zero-order valence-corrected chi connectivity index (χ0v) is 14.9. The first-order valence-electron chi connectivity index (χ1n) is 7.88. The fourth-order valence-electron chi connectivity index (χ4n) is 4.07. The number of diazo groups is 1. The van der Waals surface area contributed by atoms with Crippen LogP contribution < -0.4 is 0 Å². The minimum absolute atomic E-state index is 0.0248. The predicted molar refractivity (Wildman–Crippen MR) is 89.0 cm³/mol. The molecular formula is C17H19N3O4S.